The summed E-state index contributed by atoms with van der Waals surface area (Å²) in [5.74, 6) is 1.07. The lowest BCUT2D eigenvalue weighted by Crippen LogP contribution is -2.42. The van der Waals surface area contributed by atoms with Crippen LogP contribution in [0.15, 0.2) is 29.2 Å². The molecule has 8 heteroatoms. The van der Waals surface area contributed by atoms with E-state index in [9.17, 15) is 14.7 Å². The fourth-order valence-electron chi connectivity index (χ4n) is 2.36. The second-order valence-corrected chi connectivity index (χ2v) is 8.30. The Kier molecular flexibility index (Phi) is 5.29. The van der Waals surface area contributed by atoms with Gasteiger partial charge in [0.1, 0.15) is 4.32 Å². The number of benzene rings is 1. The van der Waals surface area contributed by atoms with Gasteiger partial charge in [-0.15, -0.1) is 0 Å². The van der Waals surface area contributed by atoms with Crippen LogP contribution >= 0.6 is 35.7 Å². The highest BCUT2D eigenvalue weighted by Crippen LogP contribution is 2.31. The summed E-state index contributed by atoms with van der Waals surface area (Å²) in [5.41, 5.74) is 1.36. The van der Waals surface area contributed by atoms with Gasteiger partial charge in [0.2, 0.25) is 0 Å². The fourth-order valence-corrected chi connectivity index (χ4v) is 4.71. The molecule has 2 aliphatic heterocycles. The first-order valence-corrected chi connectivity index (χ1v) is 9.72. The molecule has 0 saturated carbocycles. The van der Waals surface area contributed by atoms with E-state index in [1.807, 2.05) is 0 Å². The first-order valence-electron chi connectivity index (χ1n) is 7.34. The number of carbonyl (C=O) groups excluding carboxylic acids is 2. The quantitative estimate of drug-likeness (QED) is 0.615. The van der Waals surface area contributed by atoms with Gasteiger partial charge < -0.3 is 10.4 Å². The van der Waals surface area contributed by atoms with Crippen molar-refractivity contribution in [1.82, 2.24) is 10.2 Å². The van der Waals surface area contributed by atoms with Crippen molar-refractivity contribution < 1.29 is 14.7 Å². The summed E-state index contributed by atoms with van der Waals surface area (Å²) >= 11 is 7.99. The third-order valence-electron chi connectivity index (χ3n) is 3.82. The average molecular weight is 381 g/mol. The van der Waals surface area contributed by atoms with Crippen molar-refractivity contribution in [3.8, 4) is 0 Å². The van der Waals surface area contributed by atoms with Crippen LogP contribution in [0.3, 0.4) is 0 Å². The SMILES string of the molecule is CN1C(=O)/C(=C/c2ccc(C(=O)N[C@@H]3CSC[C@H]3O)cc2)SC1=S. The van der Waals surface area contributed by atoms with Crippen LogP contribution < -0.4 is 5.32 Å². The average Bonchev–Trinajstić information content (AvgIpc) is 3.07. The number of nitrogens with one attached hydrogen (secondary N) is 1. The molecule has 2 atom stereocenters. The van der Waals surface area contributed by atoms with Gasteiger partial charge in [-0.1, -0.05) is 36.1 Å². The molecule has 2 N–H and O–H groups in total. The highest BCUT2D eigenvalue weighted by atomic mass is 32.2. The van der Waals surface area contributed by atoms with Gasteiger partial charge in [-0.25, -0.2) is 0 Å². The van der Waals surface area contributed by atoms with Crippen LogP contribution in [-0.4, -0.2) is 56.8 Å². The van der Waals surface area contributed by atoms with Crippen LogP contribution in [0, 0.1) is 0 Å². The zero-order chi connectivity index (χ0) is 17.3. The highest BCUT2D eigenvalue weighted by molar-refractivity contribution is 8.26. The number of aliphatic hydroxyl groups excluding tert-OH is 1. The summed E-state index contributed by atoms with van der Waals surface area (Å²) < 4.78 is 0.537. The number of aliphatic hydroxyl groups is 1. The molecule has 126 valence electrons. The van der Waals surface area contributed by atoms with Gasteiger partial charge in [0, 0.05) is 24.1 Å². The molecule has 5 nitrogen and oxygen atoms in total. The molecular formula is C16H16N2O3S3. The minimum Gasteiger partial charge on any atom is -0.390 e. The van der Waals surface area contributed by atoms with Crippen molar-refractivity contribution in [2.75, 3.05) is 18.6 Å². The van der Waals surface area contributed by atoms with Crippen molar-refractivity contribution in [2.45, 2.75) is 12.1 Å². The number of nitrogens with zero attached hydrogens (tertiary/aromatic N) is 1. The molecule has 0 unspecified atom stereocenters. The maximum Gasteiger partial charge on any atom is 0.265 e. The maximum absolute atomic E-state index is 12.2. The Morgan fingerprint density at radius 1 is 1.38 bits per heavy atom. The summed E-state index contributed by atoms with van der Waals surface area (Å²) in [6.45, 7) is 0. The van der Waals surface area contributed by atoms with E-state index in [2.05, 4.69) is 5.32 Å². The number of likely N-dealkylation sites (N-methyl/N-ethyl adjacent to an activating group) is 1. The second-order valence-electron chi connectivity index (χ2n) is 5.55. The molecule has 0 bridgehead atoms. The summed E-state index contributed by atoms with van der Waals surface area (Å²) in [4.78, 5) is 26.2. The molecule has 24 heavy (non-hydrogen) atoms. The molecule has 0 spiro atoms. The number of hydrogen-bond acceptors (Lipinski definition) is 6. The van der Waals surface area contributed by atoms with Crippen LogP contribution in [0.5, 0.6) is 0 Å². The number of amides is 2. The van der Waals surface area contributed by atoms with Crippen LogP contribution in [0.2, 0.25) is 0 Å². The van der Waals surface area contributed by atoms with E-state index >= 15 is 0 Å². The Hall–Kier alpha value is -1.35. The Morgan fingerprint density at radius 3 is 2.62 bits per heavy atom. The maximum atomic E-state index is 12.2. The van der Waals surface area contributed by atoms with Crippen LogP contribution in [-0.2, 0) is 4.79 Å². The largest absolute Gasteiger partial charge is 0.390 e. The lowest BCUT2D eigenvalue weighted by atomic mass is 10.1. The van der Waals surface area contributed by atoms with E-state index in [-0.39, 0.29) is 17.9 Å². The Balaban J connectivity index is 1.68. The van der Waals surface area contributed by atoms with Crippen molar-refractivity contribution >= 4 is 58.0 Å². The second kappa shape index (κ2) is 7.26. The predicted octanol–water partition coefficient (Wildman–Crippen LogP) is 1.72. The molecule has 2 saturated heterocycles. The van der Waals surface area contributed by atoms with E-state index in [4.69, 9.17) is 12.2 Å². The van der Waals surface area contributed by atoms with Gasteiger partial charge in [-0.3, -0.25) is 14.5 Å². The number of thiocarbonyl (C=S) groups is 1. The third kappa shape index (κ3) is 3.66. The minimum atomic E-state index is -0.491. The molecule has 2 aliphatic rings. The van der Waals surface area contributed by atoms with Crippen molar-refractivity contribution in [2.24, 2.45) is 0 Å². The van der Waals surface area contributed by atoms with E-state index in [0.717, 1.165) is 11.3 Å². The number of hydrogen-bond donors (Lipinski definition) is 2. The van der Waals surface area contributed by atoms with E-state index in [1.165, 1.54) is 16.7 Å². The topological polar surface area (TPSA) is 69.6 Å². The smallest absolute Gasteiger partial charge is 0.265 e. The first kappa shape index (κ1) is 17.5. The monoisotopic (exact) mass is 380 g/mol. The number of carbonyl (C=O) groups is 2. The zero-order valence-corrected chi connectivity index (χ0v) is 15.3. The molecule has 0 aliphatic carbocycles. The van der Waals surface area contributed by atoms with Crippen LogP contribution in [0.1, 0.15) is 15.9 Å². The summed E-state index contributed by atoms with van der Waals surface area (Å²) in [6.07, 6.45) is 1.27. The standard InChI is InChI=1S/C16H16N2O3S3/c1-18-15(21)13(24-16(18)22)6-9-2-4-10(5-3-9)14(20)17-11-7-23-8-12(11)19/h2-6,11-12,19H,7-8H2,1H3,(H,17,20)/b13-6-/t11-,12-/m1/s1. The van der Waals surface area contributed by atoms with Crippen LogP contribution in [0.4, 0.5) is 0 Å². The summed E-state index contributed by atoms with van der Waals surface area (Å²) in [7, 11) is 1.65. The van der Waals surface area contributed by atoms with Gasteiger partial charge in [0.25, 0.3) is 11.8 Å². The zero-order valence-electron chi connectivity index (χ0n) is 12.9. The van der Waals surface area contributed by atoms with Crippen molar-refractivity contribution in [3.05, 3.63) is 40.3 Å². The summed E-state index contributed by atoms with van der Waals surface area (Å²) in [5, 5.41) is 12.6. The Labute approximate surface area is 153 Å². The van der Waals surface area contributed by atoms with Crippen LogP contribution in [0.25, 0.3) is 6.08 Å². The predicted molar refractivity (Wildman–Crippen MR) is 102 cm³/mol. The lowest BCUT2D eigenvalue weighted by Gasteiger charge is -2.15. The molecule has 3 rings (SSSR count). The van der Waals surface area contributed by atoms with Crippen molar-refractivity contribution in [1.29, 1.82) is 0 Å². The third-order valence-corrected chi connectivity index (χ3v) is 6.48. The number of thioether (sulfide) groups is 2. The molecule has 0 aromatic heterocycles. The van der Waals surface area contributed by atoms with E-state index < -0.39 is 6.10 Å². The Bertz CT molecular complexity index is 718. The Morgan fingerprint density at radius 2 is 2.08 bits per heavy atom. The molecule has 2 heterocycles. The van der Waals surface area contributed by atoms with Gasteiger partial charge >= 0.3 is 0 Å². The normalized spacial score (nSPS) is 25.6. The number of rotatable bonds is 3. The highest BCUT2D eigenvalue weighted by Gasteiger charge is 2.29. The van der Waals surface area contributed by atoms with E-state index in [0.29, 0.717) is 20.5 Å². The minimum absolute atomic E-state index is 0.112. The summed E-state index contributed by atoms with van der Waals surface area (Å²) in [6, 6.07) is 6.80. The van der Waals surface area contributed by atoms with Gasteiger partial charge in [0.15, 0.2) is 0 Å². The van der Waals surface area contributed by atoms with Crippen molar-refractivity contribution in [3.63, 3.8) is 0 Å². The van der Waals surface area contributed by atoms with E-state index in [1.54, 1.807) is 49.2 Å². The molecule has 0 radical (unpaired) electrons. The first-order chi connectivity index (χ1) is 11.5. The molecule has 2 amide bonds. The molecule has 1 aromatic rings. The molecule has 1 aromatic carbocycles. The van der Waals surface area contributed by atoms with Gasteiger partial charge in [0.05, 0.1) is 17.1 Å². The van der Waals surface area contributed by atoms with Gasteiger partial charge in [-0.2, -0.15) is 11.8 Å². The van der Waals surface area contributed by atoms with Gasteiger partial charge in [-0.05, 0) is 23.8 Å². The lowest BCUT2D eigenvalue weighted by molar-refractivity contribution is -0.121. The molecular weight excluding hydrogens is 364 g/mol. The molecule has 2 fully saturated rings. The fraction of sp³-hybridized carbons (Fsp3) is 0.312.